The maximum absolute atomic E-state index is 12.0. The summed E-state index contributed by atoms with van der Waals surface area (Å²) >= 11 is 0. The van der Waals surface area contributed by atoms with Crippen molar-refractivity contribution in [2.24, 2.45) is 5.92 Å². The summed E-state index contributed by atoms with van der Waals surface area (Å²) < 4.78 is 7.40. The monoisotopic (exact) mass is 344 g/mol. The van der Waals surface area contributed by atoms with Crippen LogP contribution in [0.3, 0.4) is 0 Å². The third-order valence-corrected chi connectivity index (χ3v) is 3.69. The number of nitrogens with zero attached hydrogens (tertiary/aromatic N) is 2. The largest absolute Gasteiger partial charge is 0.381 e. The zero-order valence-corrected chi connectivity index (χ0v) is 14.9. The summed E-state index contributed by atoms with van der Waals surface area (Å²) in [5, 5.41) is 10.7. The van der Waals surface area contributed by atoms with Crippen LogP contribution in [-0.2, 0) is 4.74 Å². The highest BCUT2D eigenvalue weighted by molar-refractivity contribution is 5.92. The number of nitrogens with one attached hydrogen (secondary N) is 2. The minimum atomic E-state index is -0.105. The summed E-state index contributed by atoms with van der Waals surface area (Å²) in [7, 11) is 0. The van der Waals surface area contributed by atoms with Gasteiger partial charge in [0, 0.05) is 32.5 Å². The first-order valence-corrected chi connectivity index (χ1v) is 8.28. The van der Waals surface area contributed by atoms with E-state index in [-0.39, 0.29) is 18.3 Å². The van der Waals surface area contributed by atoms with Crippen molar-refractivity contribution >= 4 is 18.3 Å². The SMILES string of the molecule is CC(C)COCCCNC(=O)c1ccn(C2CCCNC2)n1.Cl. The molecule has 1 atom stereocenters. The molecule has 2 N–H and O–H groups in total. The minimum Gasteiger partial charge on any atom is -0.381 e. The lowest BCUT2D eigenvalue weighted by Crippen LogP contribution is -2.32. The van der Waals surface area contributed by atoms with E-state index < -0.39 is 0 Å². The number of carbonyl (C=O) groups excluding carboxylic acids is 1. The molecule has 1 amide bonds. The van der Waals surface area contributed by atoms with E-state index >= 15 is 0 Å². The van der Waals surface area contributed by atoms with Gasteiger partial charge in [-0.25, -0.2) is 0 Å². The number of hydrogen-bond acceptors (Lipinski definition) is 4. The van der Waals surface area contributed by atoms with Gasteiger partial charge >= 0.3 is 0 Å². The second-order valence-electron chi connectivity index (χ2n) is 6.26. The predicted octanol–water partition coefficient (Wildman–Crippen LogP) is 2.02. The van der Waals surface area contributed by atoms with Gasteiger partial charge in [-0.05, 0) is 37.8 Å². The average Bonchev–Trinajstić information content (AvgIpc) is 3.01. The fraction of sp³-hybridized carbons (Fsp3) is 0.750. The molecule has 0 bridgehead atoms. The van der Waals surface area contributed by atoms with Crippen LogP contribution in [0.25, 0.3) is 0 Å². The van der Waals surface area contributed by atoms with Crippen LogP contribution >= 0.6 is 12.4 Å². The van der Waals surface area contributed by atoms with Gasteiger partial charge < -0.3 is 15.4 Å². The molecule has 132 valence electrons. The first-order valence-electron chi connectivity index (χ1n) is 8.28. The van der Waals surface area contributed by atoms with Gasteiger partial charge in [0.25, 0.3) is 5.91 Å². The zero-order valence-electron chi connectivity index (χ0n) is 14.1. The molecule has 0 radical (unpaired) electrons. The van der Waals surface area contributed by atoms with Crippen LogP contribution in [0.2, 0.25) is 0 Å². The normalized spacial score (nSPS) is 17.8. The molecule has 1 fully saturated rings. The van der Waals surface area contributed by atoms with Gasteiger partial charge in [0.15, 0.2) is 0 Å². The second-order valence-corrected chi connectivity index (χ2v) is 6.26. The van der Waals surface area contributed by atoms with Crippen LogP contribution in [0.4, 0.5) is 0 Å². The van der Waals surface area contributed by atoms with E-state index in [4.69, 9.17) is 4.74 Å². The first kappa shape index (κ1) is 19.9. The van der Waals surface area contributed by atoms with Gasteiger partial charge in [-0.1, -0.05) is 13.8 Å². The molecule has 1 aliphatic heterocycles. The maximum atomic E-state index is 12.0. The van der Waals surface area contributed by atoms with Crippen molar-refractivity contribution in [2.75, 3.05) is 32.8 Å². The molecular formula is C16H29ClN4O2. The van der Waals surface area contributed by atoms with Crippen molar-refractivity contribution < 1.29 is 9.53 Å². The van der Waals surface area contributed by atoms with Gasteiger partial charge in [-0.3, -0.25) is 9.48 Å². The van der Waals surface area contributed by atoms with Crippen LogP contribution in [0.1, 0.15) is 49.6 Å². The maximum Gasteiger partial charge on any atom is 0.271 e. The summed E-state index contributed by atoms with van der Waals surface area (Å²) in [4.78, 5) is 12.0. The minimum absolute atomic E-state index is 0. The van der Waals surface area contributed by atoms with Gasteiger partial charge in [0.05, 0.1) is 6.04 Å². The Morgan fingerprint density at radius 3 is 3.09 bits per heavy atom. The smallest absolute Gasteiger partial charge is 0.271 e. The highest BCUT2D eigenvalue weighted by Gasteiger charge is 2.17. The molecular weight excluding hydrogens is 316 g/mol. The molecule has 0 aromatic carbocycles. The molecule has 0 saturated carbocycles. The Bertz CT molecular complexity index is 459. The molecule has 1 saturated heterocycles. The summed E-state index contributed by atoms with van der Waals surface area (Å²) in [6, 6.07) is 2.15. The van der Waals surface area contributed by atoms with E-state index in [0.29, 0.717) is 30.8 Å². The predicted molar refractivity (Wildman–Crippen MR) is 93.2 cm³/mol. The Labute approximate surface area is 144 Å². The van der Waals surface area contributed by atoms with E-state index in [1.54, 1.807) is 6.07 Å². The zero-order chi connectivity index (χ0) is 15.8. The molecule has 0 aliphatic carbocycles. The third-order valence-electron chi connectivity index (χ3n) is 3.69. The molecule has 1 aromatic rings. The number of hydrogen-bond donors (Lipinski definition) is 2. The summed E-state index contributed by atoms with van der Waals surface area (Å²) in [5.74, 6) is 0.444. The van der Waals surface area contributed by atoms with E-state index in [9.17, 15) is 4.79 Å². The van der Waals surface area contributed by atoms with Gasteiger partial charge in [0.1, 0.15) is 5.69 Å². The molecule has 23 heavy (non-hydrogen) atoms. The number of ether oxygens (including phenoxy) is 1. The molecule has 0 spiro atoms. The lowest BCUT2D eigenvalue weighted by atomic mass is 10.1. The van der Waals surface area contributed by atoms with Crippen molar-refractivity contribution in [1.29, 1.82) is 0 Å². The molecule has 2 rings (SSSR count). The van der Waals surface area contributed by atoms with Crippen molar-refractivity contribution in [3.05, 3.63) is 18.0 Å². The van der Waals surface area contributed by atoms with E-state index in [2.05, 4.69) is 29.6 Å². The lowest BCUT2D eigenvalue weighted by Gasteiger charge is -2.22. The van der Waals surface area contributed by atoms with Crippen LogP contribution in [-0.4, -0.2) is 48.5 Å². The van der Waals surface area contributed by atoms with Gasteiger partial charge in [-0.15, -0.1) is 12.4 Å². The van der Waals surface area contributed by atoms with Crippen molar-refractivity contribution in [3.63, 3.8) is 0 Å². The number of piperidine rings is 1. The number of carbonyl (C=O) groups is 1. The van der Waals surface area contributed by atoms with Crippen molar-refractivity contribution in [3.8, 4) is 0 Å². The average molecular weight is 345 g/mol. The van der Waals surface area contributed by atoms with Gasteiger partial charge in [0.2, 0.25) is 0 Å². The van der Waals surface area contributed by atoms with E-state index in [1.807, 2.05) is 10.9 Å². The van der Waals surface area contributed by atoms with Crippen LogP contribution in [0.5, 0.6) is 0 Å². The Morgan fingerprint density at radius 2 is 2.39 bits per heavy atom. The number of halogens is 1. The Hall–Kier alpha value is -1.11. The summed E-state index contributed by atoms with van der Waals surface area (Å²) in [6.45, 7) is 8.32. The van der Waals surface area contributed by atoms with Crippen LogP contribution < -0.4 is 10.6 Å². The highest BCUT2D eigenvalue weighted by atomic mass is 35.5. The first-order chi connectivity index (χ1) is 10.7. The fourth-order valence-corrected chi connectivity index (χ4v) is 2.51. The highest BCUT2D eigenvalue weighted by Crippen LogP contribution is 2.15. The number of aromatic nitrogens is 2. The lowest BCUT2D eigenvalue weighted by molar-refractivity contribution is 0.0919. The number of amides is 1. The molecule has 7 heteroatoms. The Balaban J connectivity index is 0.00000264. The van der Waals surface area contributed by atoms with Crippen molar-refractivity contribution in [1.82, 2.24) is 20.4 Å². The second kappa shape index (κ2) is 10.6. The van der Waals surface area contributed by atoms with Crippen molar-refractivity contribution in [2.45, 2.75) is 39.2 Å². The van der Waals surface area contributed by atoms with Crippen LogP contribution in [0.15, 0.2) is 12.3 Å². The molecule has 1 aromatic heterocycles. The van der Waals surface area contributed by atoms with E-state index in [1.165, 1.54) is 0 Å². The molecule has 1 aliphatic rings. The number of rotatable bonds is 8. The molecule has 2 heterocycles. The topological polar surface area (TPSA) is 68.2 Å². The van der Waals surface area contributed by atoms with Gasteiger partial charge in [-0.2, -0.15) is 5.10 Å². The fourth-order valence-electron chi connectivity index (χ4n) is 2.51. The molecule has 1 unspecified atom stereocenters. The Kier molecular flexibility index (Phi) is 9.21. The van der Waals surface area contributed by atoms with Crippen LogP contribution in [0, 0.1) is 5.92 Å². The Morgan fingerprint density at radius 1 is 1.57 bits per heavy atom. The third kappa shape index (κ3) is 6.89. The summed E-state index contributed by atoms with van der Waals surface area (Å²) in [5.41, 5.74) is 0.494. The van der Waals surface area contributed by atoms with E-state index in [0.717, 1.165) is 39.0 Å². The molecule has 6 nitrogen and oxygen atoms in total. The quantitative estimate of drug-likeness (QED) is 0.708. The summed E-state index contributed by atoms with van der Waals surface area (Å²) in [6.07, 6.45) is 5.00. The standard InChI is InChI=1S/C16H28N4O2.ClH/c1-13(2)12-22-10-4-8-18-16(21)15-6-9-20(19-15)14-5-3-7-17-11-14;/h6,9,13-14,17H,3-5,7-8,10-12H2,1-2H3,(H,18,21);1H.